The van der Waals surface area contributed by atoms with Gasteiger partial charge >= 0.3 is 0 Å². The minimum absolute atomic E-state index is 0.0321. The SMILES string of the molecule is CC(C)(C)c1ccccc1Nc1nncc(NCCCc2ccccc2)n1. The fraction of sp³-hybridized carbons (Fsp3) is 0.318. The van der Waals surface area contributed by atoms with E-state index in [1.54, 1.807) is 6.20 Å². The van der Waals surface area contributed by atoms with Crippen LogP contribution in [0.4, 0.5) is 17.5 Å². The second-order valence-corrected chi connectivity index (χ2v) is 7.60. The quantitative estimate of drug-likeness (QED) is 0.583. The molecule has 0 fully saturated rings. The Morgan fingerprint density at radius 1 is 0.926 bits per heavy atom. The molecule has 0 aliphatic heterocycles. The molecule has 0 bridgehead atoms. The minimum atomic E-state index is 0.0321. The molecule has 0 unspecified atom stereocenters. The molecule has 27 heavy (non-hydrogen) atoms. The number of nitrogens with one attached hydrogen (secondary N) is 2. The maximum Gasteiger partial charge on any atom is 0.249 e. The van der Waals surface area contributed by atoms with E-state index in [1.165, 1.54) is 11.1 Å². The fourth-order valence-corrected chi connectivity index (χ4v) is 2.96. The lowest BCUT2D eigenvalue weighted by Gasteiger charge is -2.22. The number of anilines is 3. The zero-order chi connectivity index (χ0) is 19.1. The van der Waals surface area contributed by atoms with Crippen LogP contribution in [0.2, 0.25) is 0 Å². The molecule has 3 rings (SSSR count). The van der Waals surface area contributed by atoms with Crippen molar-refractivity contribution in [2.24, 2.45) is 0 Å². The number of nitrogens with zero attached hydrogens (tertiary/aromatic N) is 3. The van der Waals surface area contributed by atoms with Crippen molar-refractivity contribution in [3.8, 4) is 0 Å². The fourth-order valence-electron chi connectivity index (χ4n) is 2.96. The van der Waals surface area contributed by atoms with E-state index >= 15 is 0 Å². The summed E-state index contributed by atoms with van der Waals surface area (Å²) in [6, 6.07) is 18.7. The normalized spacial score (nSPS) is 11.2. The molecule has 5 heteroatoms. The molecule has 0 saturated carbocycles. The Hall–Kier alpha value is -2.95. The van der Waals surface area contributed by atoms with Gasteiger partial charge in [0, 0.05) is 12.2 Å². The van der Waals surface area contributed by atoms with Crippen molar-refractivity contribution in [1.82, 2.24) is 15.2 Å². The number of hydrogen-bond donors (Lipinski definition) is 2. The lowest BCUT2D eigenvalue weighted by molar-refractivity contribution is 0.592. The van der Waals surface area contributed by atoms with Gasteiger partial charge < -0.3 is 10.6 Å². The molecular weight excluding hydrogens is 334 g/mol. The maximum absolute atomic E-state index is 4.54. The van der Waals surface area contributed by atoms with Crippen molar-refractivity contribution in [1.29, 1.82) is 0 Å². The van der Waals surface area contributed by atoms with Gasteiger partial charge in [-0.3, -0.25) is 0 Å². The molecule has 1 heterocycles. The second-order valence-electron chi connectivity index (χ2n) is 7.60. The number of benzene rings is 2. The van der Waals surface area contributed by atoms with E-state index < -0.39 is 0 Å². The first-order valence-electron chi connectivity index (χ1n) is 9.36. The Balaban J connectivity index is 1.59. The van der Waals surface area contributed by atoms with Crippen molar-refractivity contribution in [2.75, 3.05) is 17.2 Å². The van der Waals surface area contributed by atoms with Gasteiger partial charge in [-0.1, -0.05) is 69.3 Å². The Bertz CT molecular complexity index is 856. The van der Waals surface area contributed by atoms with Crippen molar-refractivity contribution >= 4 is 17.5 Å². The van der Waals surface area contributed by atoms with Crippen LogP contribution >= 0.6 is 0 Å². The number of rotatable bonds is 7. The summed E-state index contributed by atoms with van der Waals surface area (Å²) < 4.78 is 0. The highest BCUT2D eigenvalue weighted by atomic mass is 15.3. The van der Waals surface area contributed by atoms with Gasteiger partial charge in [0.2, 0.25) is 5.95 Å². The molecule has 3 aromatic rings. The average molecular weight is 361 g/mol. The number of hydrogen-bond acceptors (Lipinski definition) is 5. The molecule has 0 aliphatic carbocycles. The van der Waals surface area contributed by atoms with Gasteiger partial charge in [-0.05, 0) is 35.4 Å². The maximum atomic E-state index is 4.54. The lowest BCUT2D eigenvalue weighted by Crippen LogP contribution is -2.14. The summed E-state index contributed by atoms with van der Waals surface area (Å²) in [5.74, 6) is 1.23. The van der Waals surface area contributed by atoms with Crippen LogP contribution < -0.4 is 10.6 Å². The van der Waals surface area contributed by atoms with Gasteiger partial charge in [0.15, 0.2) is 5.82 Å². The largest absolute Gasteiger partial charge is 0.369 e. The second kappa shape index (κ2) is 8.62. The highest BCUT2D eigenvalue weighted by Gasteiger charge is 2.18. The topological polar surface area (TPSA) is 62.7 Å². The summed E-state index contributed by atoms with van der Waals surface area (Å²) in [5.41, 5.74) is 3.61. The Labute approximate surface area is 161 Å². The van der Waals surface area contributed by atoms with Crippen LogP contribution in [0.5, 0.6) is 0 Å². The summed E-state index contributed by atoms with van der Waals surface area (Å²) in [4.78, 5) is 4.54. The van der Waals surface area contributed by atoms with E-state index in [1.807, 2.05) is 18.2 Å². The highest BCUT2D eigenvalue weighted by molar-refractivity contribution is 5.60. The van der Waals surface area contributed by atoms with Crippen LogP contribution in [-0.2, 0) is 11.8 Å². The Morgan fingerprint density at radius 3 is 2.44 bits per heavy atom. The number of para-hydroxylation sites is 1. The van der Waals surface area contributed by atoms with E-state index in [0.717, 1.165) is 30.9 Å². The molecule has 0 saturated heterocycles. The van der Waals surface area contributed by atoms with E-state index in [-0.39, 0.29) is 5.41 Å². The molecule has 1 aromatic heterocycles. The minimum Gasteiger partial charge on any atom is -0.369 e. The van der Waals surface area contributed by atoms with Gasteiger partial charge in [-0.25, -0.2) is 0 Å². The third kappa shape index (κ3) is 5.51. The molecule has 0 atom stereocenters. The van der Waals surface area contributed by atoms with Crippen LogP contribution in [0.25, 0.3) is 0 Å². The molecule has 140 valence electrons. The van der Waals surface area contributed by atoms with Crippen LogP contribution in [-0.4, -0.2) is 21.7 Å². The van der Waals surface area contributed by atoms with E-state index in [4.69, 9.17) is 0 Å². The Morgan fingerprint density at radius 2 is 1.67 bits per heavy atom. The van der Waals surface area contributed by atoms with Gasteiger partial charge in [0.1, 0.15) is 0 Å². The number of aromatic nitrogens is 3. The van der Waals surface area contributed by atoms with Gasteiger partial charge in [-0.2, -0.15) is 10.1 Å². The van der Waals surface area contributed by atoms with E-state index in [9.17, 15) is 0 Å². The first kappa shape index (κ1) is 18.8. The van der Waals surface area contributed by atoms with E-state index in [2.05, 4.69) is 83.0 Å². The first-order valence-corrected chi connectivity index (χ1v) is 9.36. The summed E-state index contributed by atoms with van der Waals surface area (Å²) in [6.07, 6.45) is 3.73. The third-order valence-electron chi connectivity index (χ3n) is 4.33. The first-order chi connectivity index (χ1) is 13.0. The average Bonchev–Trinajstić information content (AvgIpc) is 2.66. The van der Waals surface area contributed by atoms with Crippen molar-refractivity contribution in [3.05, 3.63) is 71.9 Å². The molecule has 0 amide bonds. The van der Waals surface area contributed by atoms with E-state index in [0.29, 0.717) is 5.95 Å². The summed E-state index contributed by atoms with van der Waals surface area (Å²) in [5, 5.41) is 14.8. The van der Waals surface area contributed by atoms with Gasteiger partial charge in [0.05, 0.1) is 6.20 Å². The van der Waals surface area contributed by atoms with Crippen LogP contribution in [0.15, 0.2) is 60.8 Å². The standard InChI is InChI=1S/C22H27N5/c1-22(2,3)18-13-7-8-14-19(18)25-21-26-20(16-24-27-21)23-15-9-12-17-10-5-4-6-11-17/h4-8,10-11,13-14,16H,9,12,15H2,1-3H3,(H2,23,25,26,27). The van der Waals surface area contributed by atoms with Gasteiger partial charge in [0.25, 0.3) is 0 Å². The Kier molecular flexibility index (Phi) is 6.01. The molecule has 0 aliphatic rings. The summed E-state index contributed by atoms with van der Waals surface area (Å²) in [7, 11) is 0. The smallest absolute Gasteiger partial charge is 0.249 e. The molecule has 2 N–H and O–H groups in total. The molecular formula is C22H27N5. The van der Waals surface area contributed by atoms with Crippen molar-refractivity contribution in [2.45, 2.75) is 39.0 Å². The molecule has 2 aromatic carbocycles. The predicted octanol–water partition coefficient (Wildman–Crippen LogP) is 4.96. The zero-order valence-corrected chi connectivity index (χ0v) is 16.2. The molecule has 5 nitrogen and oxygen atoms in total. The number of aryl methyl sites for hydroxylation is 1. The molecule has 0 spiro atoms. The summed E-state index contributed by atoms with van der Waals surface area (Å²) >= 11 is 0. The zero-order valence-electron chi connectivity index (χ0n) is 16.2. The lowest BCUT2D eigenvalue weighted by atomic mass is 9.86. The monoisotopic (exact) mass is 361 g/mol. The summed E-state index contributed by atoms with van der Waals surface area (Å²) in [6.45, 7) is 7.41. The van der Waals surface area contributed by atoms with Crippen molar-refractivity contribution < 1.29 is 0 Å². The van der Waals surface area contributed by atoms with Crippen LogP contribution in [0.3, 0.4) is 0 Å². The van der Waals surface area contributed by atoms with Gasteiger partial charge in [-0.15, -0.1) is 5.10 Å². The van der Waals surface area contributed by atoms with Crippen LogP contribution in [0.1, 0.15) is 38.3 Å². The van der Waals surface area contributed by atoms with Crippen molar-refractivity contribution in [3.63, 3.8) is 0 Å². The third-order valence-corrected chi connectivity index (χ3v) is 4.33. The predicted molar refractivity (Wildman–Crippen MR) is 112 cm³/mol. The van der Waals surface area contributed by atoms with Crippen LogP contribution in [0, 0.1) is 0 Å². The highest BCUT2D eigenvalue weighted by Crippen LogP contribution is 2.30. The molecule has 0 radical (unpaired) electrons.